The third-order valence-electron chi connectivity index (χ3n) is 6.71. The molecular weight excluding hydrogens is 474 g/mol. The van der Waals surface area contributed by atoms with E-state index in [-0.39, 0.29) is 35.6 Å². The van der Waals surface area contributed by atoms with Crippen LogP contribution >= 0.6 is 0 Å². The quantitative estimate of drug-likeness (QED) is 0.481. The maximum Gasteiger partial charge on any atom is 0.248 e. The van der Waals surface area contributed by atoms with Crippen LogP contribution in [0.4, 0.5) is 5.69 Å². The number of rotatable bonds is 6. The van der Waals surface area contributed by atoms with Crippen molar-refractivity contribution < 1.29 is 17.7 Å². The van der Waals surface area contributed by atoms with E-state index in [0.29, 0.717) is 18.5 Å². The first-order valence-corrected chi connectivity index (χ1v) is 13.6. The van der Waals surface area contributed by atoms with Gasteiger partial charge in [-0.2, -0.15) is 4.31 Å². The third-order valence-corrected chi connectivity index (χ3v) is 8.77. The molecule has 7 nitrogen and oxygen atoms in total. The molecule has 1 N–H and O–H groups in total. The molecule has 1 saturated heterocycles. The molecule has 0 spiro atoms. The fraction of sp³-hybridized carbons (Fsp3) is 0.357. The Morgan fingerprint density at radius 2 is 1.58 bits per heavy atom. The van der Waals surface area contributed by atoms with Gasteiger partial charge in [0, 0.05) is 24.7 Å². The van der Waals surface area contributed by atoms with Crippen molar-refractivity contribution in [1.29, 1.82) is 0 Å². The summed E-state index contributed by atoms with van der Waals surface area (Å²) in [6, 6.07) is 11.8. The molecule has 1 aromatic heterocycles. The minimum absolute atomic E-state index is 0.0791. The van der Waals surface area contributed by atoms with E-state index in [1.54, 1.807) is 13.0 Å². The Morgan fingerprint density at radius 1 is 0.972 bits per heavy atom. The Bertz CT molecular complexity index is 1370. The molecular formula is C28H33N3O4S. The predicted octanol–water partition coefficient (Wildman–Crippen LogP) is 5.43. The molecule has 3 aromatic rings. The number of anilines is 1. The highest BCUT2D eigenvalue weighted by Crippen LogP contribution is 2.30. The molecule has 4 rings (SSSR count). The molecule has 0 unspecified atom stereocenters. The van der Waals surface area contributed by atoms with Crippen LogP contribution in [0, 0.1) is 40.5 Å². The van der Waals surface area contributed by atoms with Gasteiger partial charge in [0.15, 0.2) is 10.7 Å². The number of nitrogens with one attached hydrogen (secondary N) is 1. The molecule has 1 aliphatic heterocycles. The van der Waals surface area contributed by atoms with Crippen molar-refractivity contribution in [3.8, 4) is 0 Å². The Balaban J connectivity index is 1.48. The van der Waals surface area contributed by atoms with Crippen molar-refractivity contribution in [2.45, 2.75) is 52.4 Å². The Labute approximate surface area is 213 Å². The summed E-state index contributed by atoms with van der Waals surface area (Å²) in [6.45, 7) is 10.3. The van der Waals surface area contributed by atoms with E-state index in [1.807, 2.05) is 58.0 Å². The summed E-state index contributed by atoms with van der Waals surface area (Å²) in [4.78, 5) is 12.8. The summed E-state index contributed by atoms with van der Waals surface area (Å²) in [5, 5.41) is 6.89. The molecule has 0 aliphatic carbocycles. The van der Waals surface area contributed by atoms with Gasteiger partial charge in [-0.05, 0) is 82.4 Å². The summed E-state index contributed by atoms with van der Waals surface area (Å²) in [6.07, 6.45) is 4.46. The van der Waals surface area contributed by atoms with Gasteiger partial charge >= 0.3 is 0 Å². The van der Waals surface area contributed by atoms with Gasteiger partial charge in [0.25, 0.3) is 0 Å². The van der Waals surface area contributed by atoms with Crippen LogP contribution < -0.4 is 5.32 Å². The maximum absolute atomic E-state index is 13.6. The van der Waals surface area contributed by atoms with E-state index in [9.17, 15) is 13.2 Å². The number of amides is 1. The SMILES string of the molecule is Cc1ccc(NC(=O)C2CCN(S(=O)(=O)c3c(C)noc3C=Cc3c(C)cc(C)cc3C)CC2)cc1. The highest BCUT2D eigenvalue weighted by atomic mass is 32.2. The van der Waals surface area contributed by atoms with E-state index in [4.69, 9.17) is 4.52 Å². The summed E-state index contributed by atoms with van der Waals surface area (Å²) in [5.41, 5.74) is 6.61. The molecule has 36 heavy (non-hydrogen) atoms. The number of aromatic nitrogens is 1. The molecule has 1 aliphatic rings. The molecule has 2 aromatic carbocycles. The monoisotopic (exact) mass is 507 g/mol. The van der Waals surface area contributed by atoms with Crippen molar-refractivity contribution in [1.82, 2.24) is 9.46 Å². The molecule has 0 atom stereocenters. The van der Waals surface area contributed by atoms with Crippen molar-refractivity contribution >= 4 is 33.8 Å². The average molecular weight is 508 g/mol. The van der Waals surface area contributed by atoms with Gasteiger partial charge in [-0.15, -0.1) is 0 Å². The fourth-order valence-electron chi connectivity index (χ4n) is 4.78. The number of piperidine rings is 1. The molecule has 190 valence electrons. The predicted molar refractivity (Wildman–Crippen MR) is 142 cm³/mol. The van der Waals surface area contributed by atoms with Gasteiger partial charge in [-0.3, -0.25) is 4.79 Å². The van der Waals surface area contributed by atoms with Crippen LogP contribution in [0.1, 0.15) is 52.1 Å². The lowest BCUT2D eigenvalue weighted by Gasteiger charge is -2.30. The molecule has 0 saturated carbocycles. The van der Waals surface area contributed by atoms with Crippen molar-refractivity contribution in [3.05, 3.63) is 75.7 Å². The van der Waals surface area contributed by atoms with Gasteiger partial charge in [0.05, 0.1) is 0 Å². The Hall–Kier alpha value is -3.23. The van der Waals surface area contributed by atoms with Crippen LogP contribution in [-0.2, 0) is 14.8 Å². The molecule has 0 radical (unpaired) electrons. The van der Waals surface area contributed by atoms with Gasteiger partial charge in [0.2, 0.25) is 15.9 Å². The lowest BCUT2D eigenvalue weighted by Crippen LogP contribution is -2.41. The lowest BCUT2D eigenvalue weighted by molar-refractivity contribution is -0.120. The number of carbonyl (C=O) groups is 1. The number of hydrogen-bond acceptors (Lipinski definition) is 5. The zero-order valence-corrected chi connectivity index (χ0v) is 22.3. The largest absolute Gasteiger partial charge is 0.355 e. The number of hydrogen-bond donors (Lipinski definition) is 1. The first kappa shape index (κ1) is 25.9. The third kappa shape index (κ3) is 5.44. The van der Waals surface area contributed by atoms with Crippen LogP contribution in [0.15, 0.2) is 45.8 Å². The van der Waals surface area contributed by atoms with Crippen LogP contribution in [0.3, 0.4) is 0 Å². The molecule has 1 amide bonds. The summed E-state index contributed by atoms with van der Waals surface area (Å²) >= 11 is 0. The van der Waals surface area contributed by atoms with E-state index >= 15 is 0 Å². The fourth-order valence-corrected chi connectivity index (χ4v) is 6.50. The number of benzene rings is 2. The lowest BCUT2D eigenvalue weighted by atomic mass is 9.97. The van der Waals surface area contributed by atoms with Gasteiger partial charge < -0.3 is 9.84 Å². The average Bonchev–Trinajstić information content (AvgIpc) is 3.21. The summed E-state index contributed by atoms with van der Waals surface area (Å²) < 4.78 is 34.0. The smallest absolute Gasteiger partial charge is 0.248 e. The Kier molecular flexibility index (Phi) is 7.47. The summed E-state index contributed by atoms with van der Waals surface area (Å²) in [5.74, 6) is -0.108. The van der Waals surface area contributed by atoms with Crippen LogP contribution in [0.5, 0.6) is 0 Å². The number of carbonyl (C=O) groups excluding carboxylic acids is 1. The van der Waals surface area contributed by atoms with Crippen molar-refractivity contribution in [3.63, 3.8) is 0 Å². The second-order valence-corrected chi connectivity index (χ2v) is 11.5. The standard InChI is InChI=1S/C28H33N3O4S/c1-18-6-8-24(9-7-18)29-28(32)23-12-14-31(15-13-23)36(33,34)27-22(5)30-35-26(27)11-10-25-20(3)16-19(2)17-21(25)4/h6-11,16-17,23H,12-15H2,1-5H3,(H,29,32). The summed E-state index contributed by atoms with van der Waals surface area (Å²) in [7, 11) is -3.83. The minimum Gasteiger partial charge on any atom is -0.355 e. The number of sulfonamides is 1. The topological polar surface area (TPSA) is 92.5 Å². The second kappa shape index (κ2) is 10.4. The van der Waals surface area contributed by atoms with Gasteiger partial charge in [-0.25, -0.2) is 8.42 Å². The van der Waals surface area contributed by atoms with Crippen LogP contribution in [0.25, 0.3) is 12.2 Å². The van der Waals surface area contributed by atoms with Crippen molar-refractivity contribution in [2.24, 2.45) is 5.92 Å². The molecule has 8 heteroatoms. The number of aryl methyl sites for hydroxylation is 5. The minimum atomic E-state index is -3.83. The number of nitrogens with zero attached hydrogens (tertiary/aromatic N) is 2. The highest BCUT2D eigenvalue weighted by molar-refractivity contribution is 7.89. The molecule has 2 heterocycles. The van der Waals surface area contributed by atoms with Crippen molar-refractivity contribution in [2.75, 3.05) is 18.4 Å². The second-order valence-electron chi connectivity index (χ2n) is 9.64. The molecule has 1 fully saturated rings. The highest BCUT2D eigenvalue weighted by Gasteiger charge is 2.36. The zero-order valence-electron chi connectivity index (χ0n) is 21.5. The van der Waals surface area contributed by atoms with E-state index in [1.165, 1.54) is 9.87 Å². The van der Waals surface area contributed by atoms with Crippen LogP contribution in [0.2, 0.25) is 0 Å². The van der Waals surface area contributed by atoms with Gasteiger partial charge in [0.1, 0.15) is 5.69 Å². The van der Waals surface area contributed by atoms with Crippen LogP contribution in [-0.4, -0.2) is 36.9 Å². The van der Waals surface area contributed by atoms with Gasteiger partial charge in [-0.1, -0.05) is 46.6 Å². The van der Waals surface area contributed by atoms with E-state index in [0.717, 1.165) is 27.9 Å². The van der Waals surface area contributed by atoms with E-state index < -0.39 is 10.0 Å². The molecule has 0 bridgehead atoms. The maximum atomic E-state index is 13.6. The van der Waals surface area contributed by atoms with E-state index in [2.05, 4.69) is 22.6 Å². The Morgan fingerprint density at radius 3 is 2.19 bits per heavy atom. The zero-order chi connectivity index (χ0) is 26.0. The normalized spacial score (nSPS) is 15.5. The first-order valence-electron chi connectivity index (χ1n) is 12.2. The first-order chi connectivity index (χ1) is 17.1.